The number of hydrogen-bond donors (Lipinski definition) is 2. The van der Waals surface area contributed by atoms with Gasteiger partial charge in [0.1, 0.15) is 18.4 Å². The minimum atomic E-state index is -0.620. The van der Waals surface area contributed by atoms with Crippen LogP contribution >= 0.6 is 39.3 Å². The fourth-order valence-electron chi connectivity index (χ4n) is 4.81. The predicted octanol–water partition coefficient (Wildman–Crippen LogP) is 8.11. The Hall–Kier alpha value is -3.67. The van der Waals surface area contributed by atoms with Gasteiger partial charge < -0.3 is 24.8 Å². The van der Waals surface area contributed by atoms with Gasteiger partial charge >= 0.3 is 0 Å². The molecule has 2 heterocycles. The average Bonchev–Trinajstić information content (AvgIpc) is 3.42. The van der Waals surface area contributed by atoms with Crippen molar-refractivity contribution in [2.45, 2.75) is 45.0 Å². The van der Waals surface area contributed by atoms with Crippen LogP contribution in [0.2, 0.25) is 5.02 Å². The van der Waals surface area contributed by atoms with Crippen molar-refractivity contribution < 1.29 is 19.0 Å². The number of fused-ring (bicyclic) bond motifs is 1. The minimum Gasteiger partial charge on any atom is -0.495 e. The number of methoxy groups -OCH3 is 1. The largest absolute Gasteiger partial charge is 0.495 e. The van der Waals surface area contributed by atoms with Crippen LogP contribution in [0.15, 0.2) is 81.6 Å². The molecule has 1 atom stereocenters. The molecule has 0 saturated carbocycles. The third-order valence-corrected chi connectivity index (χ3v) is 8.70. The number of para-hydroxylation sites is 2. The summed E-state index contributed by atoms with van der Waals surface area (Å²) in [7, 11) is 1.57. The molecule has 12 heteroatoms. The highest BCUT2D eigenvalue weighted by atomic mass is 79.9. The summed E-state index contributed by atoms with van der Waals surface area (Å²) in [6, 6.07) is 18.0. The Morgan fingerprint density at radius 1 is 1.11 bits per heavy atom. The summed E-state index contributed by atoms with van der Waals surface area (Å²) in [4.78, 5) is 18.8. The Labute approximate surface area is 274 Å². The molecule has 4 aromatic rings. The summed E-state index contributed by atoms with van der Waals surface area (Å²) in [6.45, 7) is 6.63. The molecule has 9 nitrogen and oxygen atoms in total. The summed E-state index contributed by atoms with van der Waals surface area (Å²) in [5, 5.41) is 12.5. The number of nitrogens with one attached hydrogen (secondary N) is 2. The second kappa shape index (κ2) is 14.4. The van der Waals surface area contributed by atoms with E-state index >= 15 is 0 Å². The zero-order valence-electron chi connectivity index (χ0n) is 24.8. The Morgan fingerprint density at radius 2 is 1.89 bits per heavy atom. The highest BCUT2D eigenvalue weighted by Crippen LogP contribution is 2.44. The van der Waals surface area contributed by atoms with Crippen LogP contribution in [0.1, 0.15) is 44.4 Å². The van der Waals surface area contributed by atoms with E-state index < -0.39 is 6.04 Å². The van der Waals surface area contributed by atoms with Crippen LogP contribution in [0.4, 0.5) is 11.6 Å². The first kappa shape index (κ1) is 31.7. The molecule has 1 aromatic heterocycles. The van der Waals surface area contributed by atoms with Crippen LogP contribution in [-0.4, -0.2) is 40.1 Å². The van der Waals surface area contributed by atoms with Gasteiger partial charge in [-0.05, 0) is 83.7 Å². The molecule has 0 aliphatic carbocycles. The lowest BCUT2D eigenvalue weighted by Crippen LogP contribution is -2.31. The average molecular weight is 699 g/mol. The maximum atomic E-state index is 14.1. The Bertz CT molecular complexity index is 1680. The van der Waals surface area contributed by atoms with Crippen molar-refractivity contribution in [2.24, 2.45) is 0 Å². The molecule has 0 fully saturated rings. The molecular weight excluding hydrogens is 666 g/mol. The van der Waals surface area contributed by atoms with Crippen molar-refractivity contribution in [3.8, 4) is 17.2 Å². The second-order valence-corrected chi connectivity index (χ2v) is 12.3. The van der Waals surface area contributed by atoms with Crippen LogP contribution in [0.3, 0.4) is 0 Å². The second-order valence-electron chi connectivity index (χ2n) is 9.91. The van der Waals surface area contributed by atoms with Crippen molar-refractivity contribution >= 4 is 56.8 Å². The van der Waals surface area contributed by atoms with Gasteiger partial charge in [-0.25, -0.2) is 4.68 Å². The first-order chi connectivity index (χ1) is 21.3. The van der Waals surface area contributed by atoms with Gasteiger partial charge in [0, 0.05) is 16.5 Å². The molecule has 0 saturated heterocycles. The maximum Gasteiger partial charge on any atom is 0.255 e. The number of thioether (sulfide) groups is 1. The van der Waals surface area contributed by atoms with Crippen LogP contribution in [0, 0.1) is 0 Å². The highest BCUT2D eigenvalue weighted by molar-refractivity contribution is 9.10. The van der Waals surface area contributed by atoms with Gasteiger partial charge in [0.15, 0.2) is 11.5 Å². The van der Waals surface area contributed by atoms with E-state index in [4.69, 9.17) is 35.9 Å². The quantitative estimate of drug-likeness (QED) is 0.143. The van der Waals surface area contributed by atoms with E-state index in [1.165, 1.54) is 0 Å². The van der Waals surface area contributed by atoms with Crippen molar-refractivity contribution in [1.82, 2.24) is 14.8 Å². The molecule has 44 heavy (non-hydrogen) atoms. The number of carbonyl (C=O) groups is 1. The summed E-state index contributed by atoms with van der Waals surface area (Å²) < 4.78 is 20.2. The molecule has 230 valence electrons. The number of rotatable bonds is 12. The monoisotopic (exact) mass is 697 g/mol. The first-order valence-corrected chi connectivity index (χ1v) is 16.3. The summed E-state index contributed by atoms with van der Waals surface area (Å²) in [6.07, 6.45) is 0.984. The van der Waals surface area contributed by atoms with Gasteiger partial charge in [-0.3, -0.25) is 4.79 Å². The Balaban J connectivity index is 1.57. The number of halogens is 2. The Morgan fingerprint density at radius 3 is 2.61 bits per heavy atom. The van der Waals surface area contributed by atoms with Crippen molar-refractivity contribution in [3.05, 3.63) is 92.6 Å². The number of amides is 1. The van der Waals surface area contributed by atoms with E-state index in [0.717, 1.165) is 23.3 Å². The van der Waals surface area contributed by atoms with E-state index in [-0.39, 0.29) is 5.91 Å². The minimum absolute atomic E-state index is 0.300. The molecule has 1 amide bonds. The number of hydrogen-bond acceptors (Lipinski definition) is 8. The number of aromatic nitrogens is 3. The van der Waals surface area contributed by atoms with Crippen molar-refractivity contribution in [1.29, 1.82) is 0 Å². The number of nitrogens with zero attached hydrogens (tertiary/aromatic N) is 3. The zero-order valence-corrected chi connectivity index (χ0v) is 28.0. The van der Waals surface area contributed by atoms with E-state index in [2.05, 4.69) is 33.5 Å². The molecule has 0 bridgehead atoms. The topological polar surface area (TPSA) is 99.5 Å². The third kappa shape index (κ3) is 7.00. The lowest BCUT2D eigenvalue weighted by atomic mass is 9.94. The fourth-order valence-corrected chi connectivity index (χ4v) is 6.19. The van der Waals surface area contributed by atoms with Gasteiger partial charge in [-0.2, -0.15) is 4.98 Å². The van der Waals surface area contributed by atoms with E-state index in [1.807, 2.05) is 62.4 Å². The summed E-state index contributed by atoms with van der Waals surface area (Å²) >= 11 is 11.3. The molecule has 1 unspecified atom stereocenters. The number of carbonyl (C=O) groups excluding carboxylic acids is 1. The molecular formula is C32H33BrClN5O4S. The highest BCUT2D eigenvalue weighted by Gasteiger charge is 2.36. The first-order valence-electron chi connectivity index (χ1n) is 14.2. The number of benzene rings is 3. The predicted molar refractivity (Wildman–Crippen MR) is 178 cm³/mol. The van der Waals surface area contributed by atoms with Crippen molar-refractivity contribution in [2.75, 3.05) is 30.1 Å². The standard InChI is InChI=1S/C32H33BrClN5O4S/c1-5-15-44-32-37-31-35-19(3)27(30(40)36-24-9-7-8-10-25(24)41-4)28(39(31)38-32)21-16-23(33)29(26(17-21)42-6-2)43-18-20-11-13-22(34)14-12-20/h7-14,16-17,28H,5-6,15,18H2,1-4H3,(H,36,40)(H,35,37,38). The van der Waals surface area contributed by atoms with Crippen LogP contribution in [0.25, 0.3) is 0 Å². The van der Waals surface area contributed by atoms with Gasteiger partial charge in [-0.1, -0.05) is 54.6 Å². The van der Waals surface area contributed by atoms with Crippen LogP contribution in [-0.2, 0) is 11.4 Å². The van der Waals surface area contributed by atoms with Crippen LogP contribution in [0.5, 0.6) is 17.2 Å². The summed E-state index contributed by atoms with van der Waals surface area (Å²) in [5.41, 5.74) is 3.42. The van der Waals surface area contributed by atoms with Crippen LogP contribution < -0.4 is 24.8 Å². The Kier molecular flexibility index (Phi) is 10.4. The lowest BCUT2D eigenvalue weighted by molar-refractivity contribution is -0.113. The van der Waals surface area contributed by atoms with Gasteiger partial charge in [-0.15, -0.1) is 5.10 Å². The molecule has 1 aliphatic heterocycles. The van der Waals surface area contributed by atoms with Gasteiger partial charge in [0.2, 0.25) is 11.1 Å². The molecule has 0 spiro atoms. The van der Waals surface area contributed by atoms with Crippen molar-refractivity contribution in [3.63, 3.8) is 0 Å². The van der Waals surface area contributed by atoms with E-state index in [1.54, 1.807) is 35.7 Å². The maximum absolute atomic E-state index is 14.1. The molecule has 3 aromatic carbocycles. The fraction of sp³-hybridized carbons (Fsp3) is 0.281. The third-order valence-electron chi connectivity index (χ3n) is 6.81. The van der Waals surface area contributed by atoms with Gasteiger partial charge in [0.25, 0.3) is 5.91 Å². The van der Waals surface area contributed by atoms with Gasteiger partial charge in [0.05, 0.1) is 29.4 Å². The summed E-state index contributed by atoms with van der Waals surface area (Å²) in [5.74, 6) is 2.78. The zero-order chi connectivity index (χ0) is 31.2. The molecule has 0 radical (unpaired) electrons. The number of anilines is 2. The SMILES string of the molecule is CCCSc1nc2n(n1)C(c1cc(Br)c(OCc3ccc(Cl)cc3)c(OCC)c1)C(C(=O)Nc1ccccc1OC)=C(C)N2. The van der Waals surface area contributed by atoms with E-state index in [0.29, 0.717) is 68.0 Å². The van der Waals surface area contributed by atoms with E-state index in [9.17, 15) is 4.79 Å². The lowest BCUT2D eigenvalue weighted by Gasteiger charge is -2.29. The number of allylic oxidation sites excluding steroid dienone is 1. The smallest absolute Gasteiger partial charge is 0.255 e. The normalized spacial score (nSPS) is 14.1. The molecule has 5 rings (SSSR count). The number of ether oxygens (including phenoxy) is 3. The molecule has 1 aliphatic rings. The molecule has 2 N–H and O–H groups in total.